The Morgan fingerprint density at radius 1 is 1.43 bits per heavy atom. The molecule has 0 aliphatic rings. The number of nitrogens with one attached hydrogen (secondary N) is 1. The Morgan fingerprint density at radius 3 is 2.76 bits per heavy atom. The number of rotatable bonds is 3. The van der Waals surface area contributed by atoms with Gasteiger partial charge >= 0.3 is 5.97 Å². The molecule has 1 aromatic carbocycles. The van der Waals surface area contributed by atoms with Crippen LogP contribution in [-0.4, -0.2) is 24.0 Å². The van der Waals surface area contributed by atoms with E-state index < -0.39 is 17.7 Å². The third-order valence-corrected chi connectivity index (χ3v) is 3.95. The molecule has 0 atom stereocenters. The Labute approximate surface area is 128 Å². The Balaban J connectivity index is 2.26. The van der Waals surface area contributed by atoms with Crippen molar-refractivity contribution in [3.8, 4) is 0 Å². The highest BCUT2D eigenvalue weighted by Crippen LogP contribution is 2.25. The van der Waals surface area contributed by atoms with Gasteiger partial charge in [0.2, 0.25) is 0 Å². The zero-order chi connectivity index (χ0) is 15.6. The first-order valence-electron chi connectivity index (χ1n) is 5.75. The summed E-state index contributed by atoms with van der Waals surface area (Å²) in [6, 6.07) is 3.94. The number of carbonyl (C=O) groups excluding carboxylic acids is 2. The van der Waals surface area contributed by atoms with Gasteiger partial charge in [-0.2, -0.15) is 0 Å². The van der Waals surface area contributed by atoms with E-state index in [4.69, 9.17) is 11.6 Å². The molecule has 0 fully saturated rings. The molecule has 0 unspecified atom stereocenters. The van der Waals surface area contributed by atoms with Crippen LogP contribution >= 0.6 is 22.9 Å². The van der Waals surface area contributed by atoms with Crippen LogP contribution < -0.4 is 5.32 Å². The van der Waals surface area contributed by atoms with E-state index in [1.54, 1.807) is 6.92 Å². The fourth-order valence-corrected chi connectivity index (χ4v) is 2.73. The van der Waals surface area contributed by atoms with E-state index in [9.17, 15) is 14.0 Å². The van der Waals surface area contributed by atoms with Crippen molar-refractivity contribution in [3.63, 3.8) is 0 Å². The number of carbonyl (C=O) groups is 2. The van der Waals surface area contributed by atoms with Gasteiger partial charge in [-0.25, -0.2) is 14.2 Å². The molecule has 1 heterocycles. The first-order chi connectivity index (χ1) is 9.93. The summed E-state index contributed by atoms with van der Waals surface area (Å²) in [7, 11) is 1.25. The molecule has 0 radical (unpaired) electrons. The number of aromatic nitrogens is 1. The van der Waals surface area contributed by atoms with Crippen molar-refractivity contribution >= 4 is 39.9 Å². The van der Waals surface area contributed by atoms with E-state index in [1.807, 2.05) is 0 Å². The van der Waals surface area contributed by atoms with Gasteiger partial charge in [-0.1, -0.05) is 29.0 Å². The van der Waals surface area contributed by atoms with E-state index in [0.29, 0.717) is 5.69 Å². The smallest absolute Gasteiger partial charge is 0.350 e. The second-order valence-electron chi connectivity index (χ2n) is 3.98. The van der Waals surface area contributed by atoms with Crippen molar-refractivity contribution in [2.45, 2.75) is 6.92 Å². The summed E-state index contributed by atoms with van der Waals surface area (Å²) in [5.41, 5.74) is 0.147. The standard InChI is InChI=1S/C13H10ClFN2O3S/c1-6-10(12(19)20-2)21-13(16-6)17-11(18)9-7(14)4-3-5-8(9)15/h3-5H,1-2H3,(H,16,17,18). The topological polar surface area (TPSA) is 68.3 Å². The van der Waals surface area contributed by atoms with Crippen LogP contribution in [0.3, 0.4) is 0 Å². The van der Waals surface area contributed by atoms with Crippen molar-refractivity contribution in [2.75, 3.05) is 12.4 Å². The molecule has 0 aliphatic heterocycles. The van der Waals surface area contributed by atoms with Gasteiger partial charge in [0.05, 0.1) is 23.4 Å². The highest BCUT2D eigenvalue weighted by atomic mass is 35.5. The van der Waals surface area contributed by atoms with Crippen molar-refractivity contribution in [2.24, 2.45) is 0 Å². The summed E-state index contributed by atoms with van der Waals surface area (Å²) in [5, 5.41) is 2.57. The molecule has 8 heteroatoms. The number of nitrogens with zero attached hydrogens (tertiary/aromatic N) is 1. The number of hydrogen-bond donors (Lipinski definition) is 1. The number of benzene rings is 1. The average molecular weight is 329 g/mol. The molecule has 0 aliphatic carbocycles. The molecule has 21 heavy (non-hydrogen) atoms. The summed E-state index contributed by atoms with van der Waals surface area (Å²) in [6.45, 7) is 1.61. The number of aryl methyl sites for hydroxylation is 1. The van der Waals surface area contributed by atoms with Gasteiger partial charge in [0, 0.05) is 0 Å². The lowest BCUT2D eigenvalue weighted by Crippen LogP contribution is -2.14. The van der Waals surface area contributed by atoms with Crippen LogP contribution in [0.5, 0.6) is 0 Å². The zero-order valence-electron chi connectivity index (χ0n) is 11.1. The van der Waals surface area contributed by atoms with E-state index in [0.717, 1.165) is 17.4 Å². The lowest BCUT2D eigenvalue weighted by molar-refractivity contribution is 0.0605. The van der Waals surface area contributed by atoms with E-state index >= 15 is 0 Å². The lowest BCUT2D eigenvalue weighted by Gasteiger charge is -2.04. The summed E-state index contributed by atoms with van der Waals surface area (Å²) in [6.07, 6.45) is 0. The van der Waals surface area contributed by atoms with Gasteiger partial charge in [0.25, 0.3) is 5.91 Å². The van der Waals surface area contributed by atoms with Gasteiger partial charge in [-0.15, -0.1) is 0 Å². The quantitative estimate of drug-likeness (QED) is 0.878. The van der Waals surface area contributed by atoms with E-state index in [1.165, 1.54) is 19.2 Å². The minimum absolute atomic E-state index is 0.00558. The van der Waals surface area contributed by atoms with Crippen LogP contribution in [0.15, 0.2) is 18.2 Å². The largest absolute Gasteiger partial charge is 0.465 e. The first kappa shape index (κ1) is 15.4. The molecule has 0 saturated heterocycles. The normalized spacial score (nSPS) is 10.3. The Morgan fingerprint density at radius 2 is 2.14 bits per heavy atom. The highest BCUT2D eigenvalue weighted by Gasteiger charge is 2.20. The molecule has 2 aromatic rings. The predicted molar refractivity (Wildman–Crippen MR) is 77.6 cm³/mol. The molecule has 5 nitrogen and oxygen atoms in total. The molecule has 0 saturated carbocycles. The van der Waals surface area contributed by atoms with Gasteiger partial charge < -0.3 is 4.74 Å². The number of ether oxygens (including phenoxy) is 1. The van der Waals surface area contributed by atoms with Crippen LogP contribution in [0, 0.1) is 12.7 Å². The van der Waals surface area contributed by atoms with Crippen LogP contribution in [-0.2, 0) is 4.74 Å². The Bertz CT molecular complexity index is 697. The number of esters is 1. The molecule has 0 bridgehead atoms. The first-order valence-corrected chi connectivity index (χ1v) is 6.94. The summed E-state index contributed by atoms with van der Waals surface area (Å²) < 4.78 is 18.2. The minimum Gasteiger partial charge on any atom is -0.465 e. The second-order valence-corrected chi connectivity index (χ2v) is 5.38. The molecule has 1 amide bonds. The maximum absolute atomic E-state index is 13.6. The number of hydrogen-bond acceptors (Lipinski definition) is 5. The molecule has 110 valence electrons. The van der Waals surface area contributed by atoms with Crippen molar-refractivity contribution in [1.82, 2.24) is 4.98 Å². The van der Waals surface area contributed by atoms with E-state index in [-0.39, 0.29) is 20.6 Å². The average Bonchev–Trinajstić information content (AvgIpc) is 2.78. The Hall–Kier alpha value is -1.99. The molecule has 2 rings (SSSR count). The SMILES string of the molecule is COC(=O)c1sc(NC(=O)c2c(F)cccc2Cl)nc1C. The molecule has 0 spiro atoms. The van der Waals surface area contributed by atoms with Crippen LogP contribution in [0.2, 0.25) is 5.02 Å². The molecule has 1 N–H and O–H groups in total. The second kappa shape index (κ2) is 6.19. The van der Waals surface area contributed by atoms with Gasteiger partial charge in [0.15, 0.2) is 5.13 Å². The summed E-state index contributed by atoms with van der Waals surface area (Å²) in [5.74, 6) is -2.01. The predicted octanol–water partition coefficient (Wildman–Crippen LogP) is 3.28. The number of amides is 1. The molecular weight excluding hydrogens is 319 g/mol. The summed E-state index contributed by atoms with van der Waals surface area (Å²) >= 11 is 6.75. The van der Waals surface area contributed by atoms with Gasteiger partial charge in [0.1, 0.15) is 10.7 Å². The summed E-state index contributed by atoms with van der Waals surface area (Å²) in [4.78, 5) is 27.8. The number of halogens is 2. The van der Waals surface area contributed by atoms with E-state index in [2.05, 4.69) is 15.0 Å². The van der Waals surface area contributed by atoms with Crippen LogP contribution in [0.1, 0.15) is 25.7 Å². The lowest BCUT2D eigenvalue weighted by atomic mass is 10.2. The van der Waals surface area contributed by atoms with Gasteiger partial charge in [-0.05, 0) is 19.1 Å². The third-order valence-electron chi connectivity index (χ3n) is 2.58. The zero-order valence-corrected chi connectivity index (χ0v) is 12.6. The highest BCUT2D eigenvalue weighted by molar-refractivity contribution is 7.17. The number of methoxy groups -OCH3 is 1. The molecule has 1 aromatic heterocycles. The maximum Gasteiger partial charge on any atom is 0.350 e. The third kappa shape index (κ3) is 3.20. The number of thiazole rings is 1. The van der Waals surface area contributed by atoms with Crippen molar-refractivity contribution in [3.05, 3.63) is 45.2 Å². The Kier molecular flexibility index (Phi) is 4.54. The van der Waals surface area contributed by atoms with Crippen LogP contribution in [0.4, 0.5) is 9.52 Å². The van der Waals surface area contributed by atoms with Crippen molar-refractivity contribution < 1.29 is 18.7 Å². The monoisotopic (exact) mass is 328 g/mol. The molecular formula is C13H10ClFN2O3S. The maximum atomic E-state index is 13.6. The van der Waals surface area contributed by atoms with Crippen molar-refractivity contribution in [1.29, 1.82) is 0 Å². The fourth-order valence-electron chi connectivity index (χ4n) is 1.61. The van der Waals surface area contributed by atoms with Gasteiger partial charge in [-0.3, -0.25) is 10.1 Å². The minimum atomic E-state index is -0.735. The number of anilines is 1. The fraction of sp³-hybridized carbons (Fsp3) is 0.154. The van der Waals surface area contributed by atoms with Crippen LogP contribution in [0.25, 0.3) is 0 Å².